The molecule has 3 rings (SSSR count). The van der Waals surface area contributed by atoms with E-state index >= 15 is 0 Å². The Morgan fingerprint density at radius 1 is 1.09 bits per heavy atom. The molecule has 0 aliphatic heterocycles. The molecule has 0 radical (unpaired) electrons. The molecule has 112 valence electrons. The van der Waals surface area contributed by atoms with Crippen LogP contribution in [0.25, 0.3) is 10.9 Å². The number of aromatic hydroxyl groups is 1. The van der Waals surface area contributed by atoms with E-state index in [0.717, 1.165) is 5.39 Å². The zero-order valence-electron chi connectivity index (χ0n) is 10.9. The van der Waals surface area contributed by atoms with Crippen LogP contribution in [0.3, 0.4) is 0 Å². The quantitative estimate of drug-likeness (QED) is 0.624. The maximum absolute atomic E-state index is 12.3. The number of phenols is 1. The lowest BCUT2D eigenvalue weighted by atomic mass is 10.1. The van der Waals surface area contributed by atoms with Gasteiger partial charge in [0.15, 0.2) is 5.75 Å². The SMILES string of the molecule is C.O=C(Nc1ccccc1S)c1ccc2cccnc2c1O. The van der Waals surface area contributed by atoms with Crippen molar-refractivity contribution in [1.82, 2.24) is 4.98 Å². The van der Waals surface area contributed by atoms with Crippen molar-refractivity contribution in [3.63, 3.8) is 0 Å². The number of rotatable bonds is 2. The van der Waals surface area contributed by atoms with Crippen molar-refractivity contribution in [2.24, 2.45) is 0 Å². The minimum absolute atomic E-state index is 0. The van der Waals surface area contributed by atoms with Crippen molar-refractivity contribution in [3.05, 3.63) is 60.3 Å². The topological polar surface area (TPSA) is 62.2 Å². The second kappa shape index (κ2) is 6.49. The summed E-state index contributed by atoms with van der Waals surface area (Å²) in [6.45, 7) is 0. The van der Waals surface area contributed by atoms with E-state index in [2.05, 4.69) is 22.9 Å². The summed E-state index contributed by atoms with van der Waals surface area (Å²) in [5.74, 6) is -0.524. The Morgan fingerprint density at radius 2 is 1.86 bits per heavy atom. The van der Waals surface area contributed by atoms with E-state index in [0.29, 0.717) is 16.1 Å². The summed E-state index contributed by atoms with van der Waals surface area (Å²) in [4.78, 5) is 17.1. The molecule has 0 saturated heterocycles. The predicted molar refractivity (Wildman–Crippen MR) is 91.8 cm³/mol. The van der Waals surface area contributed by atoms with Crippen LogP contribution >= 0.6 is 12.6 Å². The summed E-state index contributed by atoms with van der Waals surface area (Å²) >= 11 is 4.28. The van der Waals surface area contributed by atoms with Gasteiger partial charge in [0.1, 0.15) is 5.52 Å². The van der Waals surface area contributed by atoms with E-state index < -0.39 is 5.91 Å². The Morgan fingerprint density at radius 3 is 2.64 bits per heavy atom. The average molecular weight is 312 g/mol. The summed E-state index contributed by atoms with van der Waals surface area (Å²) in [6.07, 6.45) is 1.58. The number of hydrogen-bond acceptors (Lipinski definition) is 4. The molecule has 0 aliphatic carbocycles. The minimum atomic E-state index is -0.401. The molecule has 0 unspecified atom stereocenters. The van der Waals surface area contributed by atoms with Crippen molar-refractivity contribution in [1.29, 1.82) is 0 Å². The van der Waals surface area contributed by atoms with Crippen molar-refractivity contribution in [3.8, 4) is 5.75 Å². The van der Waals surface area contributed by atoms with Gasteiger partial charge in [-0.05, 0) is 24.3 Å². The van der Waals surface area contributed by atoms with Gasteiger partial charge in [0.25, 0.3) is 5.91 Å². The van der Waals surface area contributed by atoms with Gasteiger partial charge in [-0.2, -0.15) is 0 Å². The number of thiol groups is 1. The number of benzene rings is 2. The van der Waals surface area contributed by atoms with Crippen LogP contribution in [0, 0.1) is 0 Å². The van der Waals surface area contributed by atoms with E-state index in [1.54, 1.807) is 42.6 Å². The molecule has 0 aliphatic rings. The first-order chi connectivity index (χ1) is 10.2. The highest BCUT2D eigenvalue weighted by molar-refractivity contribution is 7.80. The van der Waals surface area contributed by atoms with Gasteiger partial charge in [0.05, 0.1) is 11.3 Å². The Kier molecular flexibility index (Phi) is 4.68. The van der Waals surface area contributed by atoms with Crippen LogP contribution in [0.5, 0.6) is 5.75 Å². The summed E-state index contributed by atoms with van der Waals surface area (Å²) in [7, 11) is 0. The fourth-order valence-corrected chi connectivity index (χ4v) is 2.30. The highest BCUT2D eigenvalue weighted by atomic mass is 32.1. The lowest BCUT2D eigenvalue weighted by molar-refractivity contribution is 0.102. The van der Waals surface area contributed by atoms with Crippen molar-refractivity contribution in [2.45, 2.75) is 12.3 Å². The molecule has 0 spiro atoms. The summed E-state index contributed by atoms with van der Waals surface area (Å²) in [6, 6.07) is 14.1. The Hall–Kier alpha value is -2.53. The number of carbonyl (C=O) groups is 1. The third kappa shape index (κ3) is 2.89. The highest BCUT2D eigenvalue weighted by Gasteiger charge is 2.15. The molecule has 1 amide bonds. The molecule has 0 atom stereocenters. The standard InChI is InChI=1S/C16H12N2O2S.CH4/c19-15-11(8-7-10-4-3-9-17-14(10)15)16(20)18-12-5-1-2-6-13(12)21;/h1-9,19,21H,(H,18,20);1H4. The van der Waals surface area contributed by atoms with Crippen LogP contribution in [-0.4, -0.2) is 16.0 Å². The van der Waals surface area contributed by atoms with Crippen molar-refractivity contribution < 1.29 is 9.90 Å². The average Bonchev–Trinajstić information content (AvgIpc) is 2.50. The van der Waals surface area contributed by atoms with Gasteiger partial charge in [0.2, 0.25) is 0 Å². The lowest BCUT2D eigenvalue weighted by Crippen LogP contribution is -2.12. The molecule has 4 nitrogen and oxygen atoms in total. The van der Waals surface area contributed by atoms with E-state index in [1.807, 2.05) is 12.1 Å². The van der Waals surface area contributed by atoms with Gasteiger partial charge in [0, 0.05) is 16.5 Å². The first kappa shape index (κ1) is 15.9. The van der Waals surface area contributed by atoms with Gasteiger partial charge in [-0.3, -0.25) is 9.78 Å². The first-order valence-corrected chi connectivity index (χ1v) is 6.77. The monoisotopic (exact) mass is 312 g/mol. The Balaban J connectivity index is 0.00000176. The second-order valence-electron chi connectivity index (χ2n) is 4.51. The summed E-state index contributed by atoms with van der Waals surface area (Å²) in [5, 5.41) is 13.7. The van der Waals surface area contributed by atoms with Crippen LogP contribution in [0.4, 0.5) is 5.69 Å². The zero-order chi connectivity index (χ0) is 14.8. The number of amides is 1. The van der Waals surface area contributed by atoms with Crippen LogP contribution in [0.2, 0.25) is 0 Å². The summed E-state index contributed by atoms with van der Waals surface area (Å²) < 4.78 is 0. The number of phenolic OH excluding ortho intramolecular Hbond substituents is 1. The molecule has 0 saturated carbocycles. The largest absolute Gasteiger partial charge is 0.505 e. The van der Waals surface area contributed by atoms with Crippen molar-refractivity contribution in [2.75, 3.05) is 5.32 Å². The predicted octanol–water partition coefficient (Wildman–Crippen LogP) is 4.12. The number of carbonyl (C=O) groups excluding carboxylic acids is 1. The molecule has 1 heterocycles. The fourth-order valence-electron chi connectivity index (χ4n) is 2.08. The number of hydrogen-bond donors (Lipinski definition) is 3. The van der Waals surface area contributed by atoms with Gasteiger partial charge < -0.3 is 10.4 Å². The summed E-state index contributed by atoms with van der Waals surface area (Å²) in [5.41, 5.74) is 1.17. The molecule has 0 fully saturated rings. The third-order valence-electron chi connectivity index (χ3n) is 3.14. The molecule has 2 N–H and O–H groups in total. The zero-order valence-corrected chi connectivity index (χ0v) is 11.8. The third-order valence-corrected chi connectivity index (χ3v) is 3.53. The first-order valence-electron chi connectivity index (χ1n) is 6.33. The minimum Gasteiger partial charge on any atom is -0.505 e. The molecule has 1 aromatic heterocycles. The van der Waals surface area contributed by atoms with Crippen LogP contribution in [0.15, 0.2) is 59.6 Å². The van der Waals surface area contributed by atoms with Crippen LogP contribution in [0.1, 0.15) is 17.8 Å². The number of nitrogens with one attached hydrogen (secondary N) is 1. The van der Waals surface area contributed by atoms with Gasteiger partial charge in [-0.15, -0.1) is 12.6 Å². The number of pyridine rings is 1. The Bertz CT molecular complexity index is 834. The smallest absolute Gasteiger partial charge is 0.259 e. The molecule has 5 heteroatoms. The number of nitrogens with zero attached hydrogens (tertiary/aromatic N) is 1. The number of aromatic nitrogens is 1. The van der Waals surface area contributed by atoms with Gasteiger partial charge >= 0.3 is 0 Å². The lowest BCUT2D eigenvalue weighted by Gasteiger charge is -2.10. The molecular formula is C17H16N2O2S. The number of anilines is 1. The van der Waals surface area contributed by atoms with Crippen molar-refractivity contribution >= 4 is 35.1 Å². The Labute approximate surface area is 134 Å². The second-order valence-corrected chi connectivity index (χ2v) is 4.99. The molecule has 0 bridgehead atoms. The molecule has 3 aromatic rings. The fraction of sp³-hybridized carbons (Fsp3) is 0.0588. The maximum atomic E-state index is 12.3. The number of para-hydroxylation sites is 1. The molecule has 22 heavy (non-hydrogen) atoms. The molecular weight excluding hydrogens is 296 g/mol. The van der Waals surface area contributed by atoms with Crippen LogP contribution in [-0.2, 0) is 0 Å². The van der Waals surface area contributed by atoms with Crippen LogP contribution < -0.4 is 5.32 Å². The van der Waals surface area contributed by atoms with E-state index in [-0.39, 0.29) is 18.7 Å². The number of fused-ring (bicyclic) bond motifs is 1. The van der Waals surface area contributed by atoms with E-state index in [1.165, 1.54) is 0 Å². The normalized spacial score (nSPS) is 10.0. The van der Waals surface area contributed by atoms with E-state index in [9.17, 15) is 9.90 Å². The highest BCUT2D eigenvalue weighted by Crippen LogP contribution is 2.28. The van der Waals surface area contributed by atoms with E-state index in [4.69, 9.17) is 0 Å². The van der Waals surface area contributed by atoms with Gasteiger partial charge in [-0.25, -0.2) is 0 Å². The van der Waals surface area contributed by atoms with Gasteiger partial charge in [-0.1, -0.05) is 31.7 Å². The molecule has 2 aromatic carbocycles. The maximum Gasteiger partial charge on any atom is 0.259 e.